The molecule has 0 atom stereocenters. The number of aryl methyl sites for hydroxylation is 4. The average Bonchev–Trinajstić information content (AvgIpc) is 3.19. The molecule has 2 heterocycles. The van der Waals surface area contributed by atoms with Gasteiger partial charge in [0, 0.05) is 11.6 Å². The van der Waals surface area contributed by atoms with Crippen LogP contribution in [0.2, 0.25) is 0 Å². The van der Waals surface area contributed by atoms with E-state index >= 15 is 0 Å². The van der Waals surface area contributed by atoms with Crippen molar-refractivity contribution in [3.8, 4) is 5.69 Å². The van der Waals surface area contributed by atoms with Gasteiger partial charge in [-0.25, -0.2) is 4.68 Å². The van der Waals surface area contributed by atoms with Crippen LogP contribution < -0.4 is 10.6 Å². The second-order valence-electron chi connectivity index (χ2n) is 8.37. The molecule has 4 rings (SSSR count). The van der Waals surface area contributed by atoms with Crippen LogP contribution in [0.1, 0.15) is 57.1 Å². The van der Waals surface area contributed by atoms with E-state index in [1.54, 1.807) is 6.20 Å². The Kier molecular flexibility index (Phi) is 5.73. The van der Waals surface area contributed by atoms with Gasteiger partial charge in [0.1, 0.15) is 0 Å². The summed E-state index contributed by atoms with van der Waals surface area (Å²) in [6.45, 7) is 10.2. The Morgan fingerprint density at radius 3 is 2.37 bits per heavy atom. The van der Waals surface area contributed by atoms with Crippen molar-refractivity contribution in [1.29, 1.82) is 0 Å². The molecule has 30 heavy (non-hydrogen) atoms. The quantitative estimate of drug-likeness (QED) is 0.657. The number of benzene rings is 2. The van der Waals surface area contributed by atoms with E-state index < -0.39 is 0 Å². The van der Waals surface area contributed by atoms with Crippen molar-refractivity contribution in [2.75, 3.05) is 18.4 Å². The molecule has 5 heteroatoms. The average molecular weight is 403 g/mol. The molecule has 0 radical (unpaired) electrons. The Hall–Kier alpha value is -2.92. The van der Waals surface area contributed by atoms with E-state index in [9.17, 15) is 4.79 Å². The summed E-state index contributed by atoms with van der Waals surface area (Å²) in [5.41, 5.74) is 8.19. The zero-order chi connectivity index (χ0) is 21.3. The number of carbonyl (C=O) groups is 1. The first kappa shape index (κ1) is 20.4. The SMILES string of the molecule is Cc1ccc(-n2ncc(C(=O)Nc3c(C)cccc3C)c2C2CCNCC2)cc1C. The third-order valence-corrected chi connectivity index (χ3v) is 6.23. The molecule has 0 bridgehead atoms. The lowest BCUT2D eigenvalue weighted by Gasteiger charge is -2.25. The number of nitrogens with zero attached hydrogens (tertiary/aromatic N) is 2. The van der Waals surface area contributed by atoms with Gasteiger partial charge in [0.05, 0.1) is 23.1 Å². The maximum absolute atomic E-state index is 13.4. The summed E-state index contributed by atoms with van der Waals surface area (Å²) in [6, 6.07) is 12.4. The number of anilines is 1. The fourth-order valence-electron chi connectivity index (χ4n) is 4.28. The minimum absolute atomic E-state index is 0.0870. The van der Waals surface area contributed by atoms with Crippen molar-refractivity contribution >= 4 is 11.6 Å². The number of amides is 1. The minimum Gasteiger partial charge on any atom is -0.321 e. The number of piperidine rings is 1. The predicted octanol–water partition coefficient (Wildman–Crippen LogP) is 4.83. The van der Waals surface area contributed by atoms with Crippen molar-refractivity contribution in [1.82, 2.24) is 15.1 Å². The molecule has 1 fully saturated rings. The van der Waals surface area contributed by atoms with E-state index in [0.717, 1.165) is 54.1 Å². The molecule has 0 spiro atoms. The fraction of sp³-hybridized carbons (Fsp3) is 0.360. The monoisotopic (exact) mass is 402 g/mol. The molecule has 1 aliphatic rings. The molecule has 156 valence electrons. The van der Waals surface area contributed by atoms with Gasteiger partial charge in [-0.1, -0.05) is 24.3 Å². The summed E-state index contributed by atoms with van der Waals surface area (Å²) in [6.07, 6.45) is 3.73. The van der Waals surface area contributed by atoms with E-state index in [0.29, 0.717) is 11.5 Å². The molecule has 2 N–H and O–H groups in total. The maximum Gasteiger partial charge on any atom is 0.259 e. The van der Waals surface area contributed by atoms with Crippen molar-refractivity contribution in [2.24, 2.45) is 0 Å². The summed E-state index contributed by atoms with van der Waals surface area (Å²) in [5.74, 6) is 0.213. The van der Waals surface area contributed by atoms with Gasteiger partial charge in [-0.15, -0.1) is 0 Å². The molecule has 0 unspecified atom stereocenters. The third-order valence-electron chi connectivity index (χ3n) is 6.23. The number of para-hydroxylation sites is 1. The summed E-state index contributed by atoms with van der Waals surface area (Å²) in [5, 5.41) is 11.3. The van der Waals surface area contributed by atoms with Crippen LogP contribution in [-0.2, 0) is 0 Å². The normalized spacial score (nSPS) is 14.7. The van der Waals surface area contributed by atoms with Crippen LogP contribution in [0.25, 0.3) is 5.69 Å². The van der Waals surface area contributed by atoms with E-state index in [2.05, 4.69) is 47.8 Å². The molecule has 5 nitrogen and oxygen atoms in total. The van der Waals surface area contributed by atoms with Gasteiger partial charge >= 0.3 is 0 Å². The van der Waals surface area contributed by atoms with Crippen molar-refractivity contribution in [3.05, 3.63) is 76.1 Å². The van der Waals surface area contributed by atoms with Gasteiger partial charge in [-0.05, 0) is 88.0 Å². The summed E-state index contributed by atoms with van der Waals surface area (Å²) in [4.78, 5) is 13.4. The van der Waals surface area contributed by atoms with Crippen LogP contribution in [0.15, 0.2) is 42.6 Å². The Labute approximate surface area is 178 Å². The number of nitrogens with one attached hydrogen (secondary N) is 2. The van der Waals surface area contributed by atoms with Gasteiger partial charge in [0.25, 0.3) is 5.91 Å². The first-order valence-corrected chi connectivity index (χ1v) is 10.7. The zero-order valence-electron chi connectivity index (χ0n) is 18.2. The number of rotatable bonds is 4. The Morgan fingerprint density at radius 1 is 1.00 bits per heavy atom. The third kappa shape index (κ3) is 3.90. The Morgan fingerprint density at radius 2 is 1.70 bits per heavy atom. The van der Waals surface area contributed by atoms with Gasteiger partial charge in [-0.3, -0.25) is 4.79 Å². The highest BCUT2D eigenvalue weighted by Crippen LogP contribution is 2.31. The van der Waals surface area contributed by atoms with E-state index in [-0.39, 0.29) is 5.91 Å². The smallest absolute Gasteiger partial charge is 0.259 e. The standard InChI is InChI=1S/C25H30N4O/c1-16-8-9-21(14-19(16)4)29-24(20-10-12-26-13-11-20)22(15-27-29)25(30)28-23-17(2)6-5-7-18(23)3/h5-9,14-15,20,26H,10-13H2,1-4H3,(H,28,30). The number of aromatic nitrogens is 2. The molecule has 0 aliphatic carbocycles. The lowest BCUT2D eigenvalue weighted by molar-refractivity contribution is 0.102. The van der Waals surface area contributed by atoms with Crippen LogP contribution in [-0.4, -0.2) is 28.8 Å². The largest absolute Gasteiger partial charge is 0.321 e. The molecule has 3 aromatic rings. The van der Waals surface area contributed by atoms with Crippen molar-refractivity contribution in [3.63, 3.8) is 0 Å². The van der Waals surface area contributed by atoms with Crippen LogP contribution in [0, 0.1) is 27.7 Å². The molecule has 1 aliphatic heterocycles. The molecule has 1 saturated heterocycles. The van der Waals surface area contributed by atoms with Crippen LogP contribution in [0.4, 0.5) is 5.69 Å². The maximum atomic E-state index is 13.4. The van der Waals surface area contributed by atoms with Crippen LogP contribution in [0.5, 0.6) is 0 Å². The molecule has 0 saturated carbocycles. The fourth-order valence-corrected chi connectivity index (χ4v) is 4.28. The van der Waals surface area contributed by atoms with Crippen molar-refractivity contribution < 1.29 is 4.79 Å². The number of hydrogen-bond acceptors (Lipinski definition) is 3. The number of hydrogen-bond donors (Lipinski definition) is 2. The molecular formula is C25H30N4O. The van der Waals surface area contributed by atoms with Crippen LogP contribution >= 0.6 is 0 Å². The highest BCUT2D eigenvalue weighted by atomic mass is 16.1. The first-order valence-electron chi connectivity index (χ1n) is 10.7. The predicted molar refractivity (Wildman–Crippen MR) is 122 cm³/mol. The minimum atomic E-state index is -0.0870. The second-order valence-corrected chi connectivity index (χ2v) is 8.37. The molecule has 1 amide bonds. The summed E-state index contributed by atoms with van der Waals surface area (Å²) in [7, 11) is 0. The molecule has 2 aromatic carbocycles. The van der Waals surface area contributed by atoms with E-state index in [1.165, 1.54) is 11.1 Å². The lowest BCUT2D eigenvalue weighted by atomic mass is 9.91. The van der Waals surface area contributed by atoms with E-state index in [1.807, 2.05) is 36.7 Å². The van der Waals surface area contributed by atoms with Gasteiger partial charge in [-0.2, -0.15) is 5.10 Å². The molecule has 1 aromatic heterocycles. The first-order chi connectivity index (χ1) is 14.5. The topological polar surface area (TPSA) is 59.0 Å². The number of carbonyl (C=O) groups excluding carboxylic acids is 1. The highest BCUT2D eigenvalue weighted by molar-refractivity contribution is 6.06. The van der Waals surface area contributed by atoms with E-state index in [4.69, 9.17) is 0 Å². The lowest BCUT2D eigenvalue weighted by Crippen LogP contribution is -2.29. The van der Waals surface area contributed by atoms with Gasteiger partial charge < -0.3 is 10.6 Å². The Bertz CT molecular complexity index is 1060. The van der Waals surface area contributed by atoms with Gasteiger partial charge in [0.2, 0.25) is 0 Å². The highest BCUT2D eigenvalue weighted by Gasteiger charge is 2.27. The Balaban J connectivity index is 1.76. The van der Waals surface area contributed by atoms with Crippen molar-refractivity contribution in [2.45, 2.75) is 46.5 Å². The summed E-state index contributed by atoms with van der Waals surface area (Å²) >= 11 is 0. The summed E-state index contributed by atoms with van der Waals surface area (Å²) < 4.78 is 1.97. The van der Waals surface area contributed by atoms with Crippen LogP contribution in [0.3, 0.4) is 0 Å². The second kappa shape index (κ2) is 8.44. The zero-order valence-corrected chi connectivity index (χ0v) is 18.2. The van der Waals surface area contributed by atoms with Gasteiger partial charge in [0.15, 0.2) is 0 Å². The molecular weight excluding hydrogens is 372 g/mol.